The maximum atomic E-state index is 13.8. The lowest BCUT2D eigenvalue weighted by atomic mass is 9.86. The Kier molecular flexibility index (Phi) is 7.62. The second-order valence-corrected chi connectivity index (χ2v) is 9.20. The van der Waals surface area contributed by atoms with Crippen LogP contribution in [0.4, 0.5) is 0 Å². The van der Waals surface area contributed by atoms with Crippen molar-refractivity contribution in [1.82, 2.24) is 10.2 Å². The molecule has 4 rings (SSSR count). The number of ether oxygens (including phenoxy) is 4. The van der Waals surface area contributed by atoms with Crippen molar-refractivity contribution in [1.29, 1.82) is 0 Å². The zero-order valence-electron chi connectivity index (χ0n) is 20.7. The first-order valence-corrected chi connectivity index (χ1v) is 12.0. The number of likely N-dealkylation sites (N-methyl/N-ethyl adjacent to an activating group) is 1. The summed E-state index contributed by atoms with van der Waals surface area (Å²) in [5.41, 5.74) is 0.437. The number of nitrogens with zero attached hydrogens (tertiary/aromatic N) is 1. The molecule has 0 atom stereocenters. The first-order valence-electron chi connectivity index (χ1n) is 12.0. The van der Waals surface area contributed by atoms with Gasteiger partial charge in [0.25, 0.3) is 0 Å². The van der Waals surface area contributed by atoms with Crippen LogP contribution in [0.2, 0.25) is 0 Å². The van der Waals surface area contributed by atoms with Crippen LogP contribution in [0.25, 0.3) is 0 Å². The zero-order valence-corrected chi connectivity index (χ0v) is 20.7. The summed E-state index contributed by atoms with van der Waals surface area (Å²) in [7, 11) is 4.97. The number of nitrogens with one attached hydrogen (secondary N) is 1. The normalized spacial score (nSPS) is 17.9. The summed E-state index contributed by atoms with van der Waals surface area (Å²) >= 11 is 0. The lowest BCUT2D eigenvalue weighted by Crippen LogP contribution is -2.62. The van der Waals surface area contributed by atoms with Crippen LogP contribution in [0.15, 0.2) is 48.5 Å². The van der Waals surface area contributed by atoms with Gasteiger partial charge in [-0.05, 0) is 62.6 Å². The molecule has 1 saturated carbocycles. The van der Waals surface area contributed by atoms with Crippen LogP contribution in [-0.2, 0) is 19.8 Å². The molecule has 2 fully saturated rings. The molecular weight excluding hydrogens is 448 g/mol. The molecule has 2 aromatic rings. The monoisotopic (exact) mass is 482 g/mol. The molecule has 0 spiro atoms. The molecule has 1 aliphatic heterocycles. The molecule has 188 valence electrons. The molecule has 0 unspecified atom stereocenters. The van der Waals surface area contributed by atoms with E-state index in [2.05, 4.69) is 10.2 Å². The smallest absolute Gasteiger partial charge is 0.337 e. The van der Waals surface area contributed by atoms with E-state index >= 15 is 0 Å². The van der Waals surface area contributed by atoms with Crippen molar-refractivity contribution in [2.45, 2.75) is 36.8 Å². The summed E-state index contributed by atoms with van der Waals surface area (Å²) in [5.74, 6) is 1.12. The van der Waals surface area contributed by atoms with Crippen LogP contribution in [0, 0.1) is 0 Å². The Balaban J connectivity index is 1.43. The molecule has 35 heavy (non-hydrogen) atoms. The molecule has 1 saturated heterocycles. The van der Waals surface area contributed by atoms with Gasteiger partial charge in [-0.25, -0.2) is 4.79 Å². The van der Waals surface area contributed by atoms with Gasteiger partial charge >= 0.3 is 5.97 Å². The average Bonchev–Trinajstić information content (AvgIpc) is 3.69. The molecule has 0 aromatic heterocycles. The first-order chi connectivity index (χ1) is 16.9. The maximum absolute atomic E-state index is 13.8. The van der Waals surface area contributed by atoms with Crippen molar-refractivity contribution in [2.24, 2.45) is 0 Å². The van der Waals surface area contributed by atoms with E-state index in [0.29, 0.717) is 44.8 Å². The van der Waals surface area contributed by atoms with Gasteiger partial charge in [0.1, 0.15) is 23.6 Å². The van der Waals surface area contributed by atoms with Gasteiger partial charge < -0.3 is 24.3 Å². The number of benzene rings is 2. The molecule has 8 heteroatoms. The predicted octanol–water partition coefficient (Wildman–Crippen LogP) is 3.15. The van der Waals surface area contributed by atoms with Gasteiger partial charge in [0.15, 0.2) is 0 Å². The molecule has 1 heterocycles. The molecule has 1 aliphatic carbocycles. The summed E-state index contributed by atoms with van der Waals surface area (Å²) in [6.07, 6.45) is 2.97. The van der Waals surface area contributed by atoms with Crippen molar-refractivity contribution in [2.75, 3.05) is 47.6 Å². The Morgan fingerprint density at radius 2 is 1.69 bits per heavy atom. The van der Waals surface area contributed by atoms with Crippen molar-refractivity contribution >= 4 is 11.9 Å². The van der Waals surface area contributed by atoms with Gasteiger partial charge in [-0.1, -0.05) is 18.2 Å². The number of esters is 1. The van der Waals surface area contributed by atoms with Gasteiger partial charge in [-0.2, -0.15) is 0 Å². The van der Waals surface area contributed by atoms with Gasteiger partial charge in [0, 0.05) is 25.8 Å². The summed E-state index contributed by atoms with van der Waals surface area (Å²) in [6.45, 7) is 2.11. The summed E-state index contributed by atoms with van der Waals surface area (Å²) in [6, 6.07) is 14.8. The van der Waals surface area contributed by atoms with Crippen LogP contribution >= 0.6 is 0 Å². The lowest BCUT2D eigenvalue weighted by Gasteiger charge is -2.43. The third kappa shape index (κ3) is 5.44. The second-order valence-electron chi connectivity index (χ2n) is 9.20. The van der Waals surface area contributed by atoms with Crippen molar-refractivity contribution in [3.63, 3.8) is 0 Å². The number of hydrogen-bond acceptors (Lipinski definition) is 7. The minimum Gasteiger partial charge on any atom is -0.497 e. The predicted molar refractivity (Wildman–Crippen MR) is 131 cm³/mol. The molecule has 2 aliphatic rings. The minimum atomic E-state index is -0.669. The average molecular weight is 483 g/mol. The molecule has 2 aromatic carbocycles. The number of rotatable bonds is 10. The summed E-state index contributed by atoms with van der Waals surface area (Å²) < 4.78 is 21.6. The van der Waals surface area contributed by atoms with Crippen LogP contribution in [0.3, 0.4) is 0 Å². The van der Waals surface area contributed by atoms with E-state index in [-0.39, 0.29) is 11.9 Å². The number of amides is 1. The molecule has 8 nitrogen and oxygen atoms in total. The minimum absolute atomic E-state index is 0.0132. The number of carbonyl (C=O) groups excluding carboxylic acids is 2. The van der Waals surface area contributed by atoms with E-state index in [4.69, 9.17) is 18.9 Å². The van der Waals surface area contributed by atoms with E-state index in [9.17, 15) is 9.59 Å². The maximum Gasteiger partial charge on any atom is 0.337 e. The first kappa shape index (κ1) is 25.0. The Labute approximate surface area is 206 Å². The van der Waals surface area contributed by atoms with Crippen molar-refractivity contribution in [3.8, 4) is 11.5 Å². The Morgan fingerprint density at radius 3 is 2.31 bits per heavy atom. The molecular formula is C27H34N2O6. The quantitative estimate of drug-likeness (QED) is 0.521. The van der Waals surface area contributed by atoms with Crippen molar-refractivity contribution in [3.05, 3.63) is 59.7 Å². The summed E-state index contributed by atoms with van der Waals surface area (Å²) in [4.78, 5) is 27.7. The fourth-order valence-electron chi connectivity index (χ4n) is 4.68. The zero-order chi connectivity index (χ0) is 24.9. The third-order valence-electron chi connectivity index (χ3n) is 7.17. The van der Waals surface area contributed by atoms with Gasteiger partial charge in [-0.15, -0.1) is 0 Å². The number of carbonyl (C=O) groups is 2. The molecule has 0 bridgehead atoms. The summed E-state index contributed by atoms with van der Waals surface area (Å²) in [5, 5.41) is 3.35. The third-order valence-corrected chi connectivity index (χ3v) is 7.17. The highest BCUT2D eigenvalue weighted by atomic mass is 16.5. The van der Waals surface area contributed by atoms with Crippen LogP contribution < -0.4 is 14.8 Å². The Hall–Kier alpha value is -3.10. The van der Waals surface area contributed by atoms with E-state index in [0.717, 1.165) is 29.9 Å². The molecule has 1 N–H and O–H groups in total. The van der Waals surface area contributed by atoms with E-state index < -0.39 is 11.1 Å². The van der Waals surface area contributed by atoms with E-state index in [1.165, 1.54) is 7.11 Å². The largest absolute Gasteiger partial charge is 0.497 e. The van der Waals surface area contributed by atoms with Crippen molar-refractivity contribution < 1.29 is 28.5 Å². The highest BCUT2D eigenvalue weighted by Gasteiger charge is 2.51. The highest BCUT2D eigenvalue weighted by Crippen LogP contribution is 2.46. The van der Waals surface area contributed by atoms with E-state index in [1.807, 2.05) is 43.4 Å². The highest BCUT2D eigenvalue weighted by molar-refractivity contribution is 5.89. The standard InChI is InChI=1S/C27H34N2O6/c1-29(15-18-35-23-6-4-5-22(19-23)32-2)27(13-16-34-17-14-27)25(31)28-26(11-12-26)21-9-7-20(8-10-21)24(30)33-3/h4-10,19H,11-18H2,1-3H3,(H,28,31). The Bertz CT molecular complexity index is 1030. The van der Waals surface area contributed by atoms with Gasteiger partial charge in [0.05, 0.1) is 25.3 Å². The fraction of sp³-hybridized carbons (Fsp3) is 0.481. The molecule has 0 radical (unpaired) electrons. The molecule has 1 amide bonds. The Morgan fingerprint density at radius 1 is 1.00 bits per heavy atom. The number of methoxy groups -OCH3 is 2. The SMILES string of the molecule is COC(=O)c1ccc(C2(NC(=O)C3(N(C)CCOc4cccc(OC)c4)CCOCC3)CC2)cc1. The fourth-order valence-corrected chi connectivity index (χ4v) is 4.68. The number of hydrogen-bond donors (Lipinski definition) is 1. The topological polar surface area (TPSA) is 86.3 Å². The van der Waals surface area contributed by atoms with Gasteiger partial charge in [0.2, 0.25) is 5.91 Å². The lowest BCUT2D eigenvalue weighted by molar-refractivity contribution is -0.140. The van der Waals surface area contributed by atoms with Gasteiger partial charge in [-0.3, -0.25) is 9.69 Å². The second kappa shape index (κ2) is 10.7. The van der Waals surface area contributed by atoms with Crippen LogP contribution in [-0.4, -0.2) is 69.9 Å². The van der Waals surface area contributed by atoms with Crippen LogP contribution in [0.5, 0.6) is 11.5 Å². The van der Waals surface area contributed by atoms with Crippen LogP contribution in [0.1, 0.15) is 41.6 Å². The van der Waals surface area contributed by atoms with E-state index in [1.54, 1.807) is 19.2 Å².